The van der Waals surface area contributed by atoms with Gasteiger partial charge in [-0.05, 0) is 54.2 Å². The largest absolute Gasteiger partial charge is 0.506 e. The summed E-state index contributed by atoms with van der Waals surface area (Å²) in [7, 11) is 0. The van der Waals surface area contributed by atoms with E-state index in [2.05, 4.69) is 10.6 Å². The van der Waals surface area contributed by atoms with Gasteiger partial charge in [0.2, 0.25) is 0 Å². The number of hydrogen-bond acceptors (Lipinski definition) is 4. The molecule has 0 saturated carbocycles. The summed E-state index contributed by atoms with van der Waals surface area (Å²) in [6.45, 7) is 0.459. The molecule has 0 fully saturated rings. The van der Waals surface area contributed by atoms with Crippen molar-refractivity contribution < 1.29 is 14.6 Å². The first-order chi connectivity index (χ1) is 13.1. The lowest BCUT2D eigenvalue weighted by molar-refractivity contribution is 0.0977. The first-order valence-corrected chi connectivity index (χ1v) is 8.70. The van der Waals surface area contributed by atoms with Crippen molar-refractivity contribution in [2.45, 2.75) is 6.61 Å². The van der Waals surface area contributed by atoms with Gasteiger partial charge in [0, 0.05) is 5.56 Å². The quantitative estimate of drug-likeness (QED) is 0.461. The van der Waals surface area contributed by atoms with E-state index in [4.69, 9.17) is 17.0 Å². The van der Waals surface area contributed by atoms with Crippen LogP contribution < -0.4 is 15.4 Å². The molecule has 0 atom stereocenters. The summed E-state index contributed by atoms with van der Waals surface area (Å²) < 4.78 is 5.70. The van der Waals surface area contributed by atoms with Crippen LogP contribution in [-0.4, -0.2) is 16.1 Å². The molecule has 3 aromatic rings. The van der Waals surface area contributed by atoms with Crippen molar-refractivity contribution in [1.82, 2.24) is 5.32 Å². The zero-order valence-electron chi connectivity index (χ0n) is 14.4. The first-order valence-electron chi connectivity index (χ1n) is 8.29. The van der Waals surface area contributed by atoms with Crippen molar-refractivity contribution in [1.29, 1.82) is 0 Å². The van der Waals surface area contributed by atoms with Crippen LogP contribution in [0, 0.1) is 0 Å². The molecule has 5 nitrogen and oxygen atoms in total. The van der Waals surface area contributed by atoms with Gasteiger partial charge in [-0.15, -0.1) is 0 Å². The number of rotatable bonds is 5. The van der Waals surface area contributed by atoms with Gasteiger partial charge in [0.25, 0.3) is 5.91 Å². The van der Waals surface area contributed by atoms with Crippen molar-refractivity contribution in [3.05, 3.63) is 90.0 Å². The molecule has 3 rings (SSSR count). The van der Waals surface area contributed by atoms with Gasteiger partial charge < -0.3 is 15.2 Å². The maximum Gasteiger partial charge on any atom is 0.257 e. The molecule has 6 heteroatoms. The minimum atomic E-state index is -0.350. The van der Waals surface area contributed by atoms with Crippen LogP contribution in [0.15, 0.2) is 78.9 Å². The highest BCUT2D eigenvalue weighted by Gasteiger charge is 2.09. The monoisotopic (exact) mass is 378 g/mol. The Hall–Kier alpha value is -3.38. The molecule has 0 spiro atoms. The fraction of sp³-hybridized carbons (Fsp3) is 0.0476. The molecule has 3 N–H and O–H groups in total. The predicted octanol–water partition coefficient (Wildman–Crippen LogP) is 4.10. The molecule has 0 aromatic heterocycles. The molecule has 0 heterocycles. The third-order valence-corrected chi connectivity index (χ3v) is 3.95. The van der Waals surface area contributed by atoms with Crippen molar-refractivity contribution in [2.75, 3.05) is 5.32 Å². The topological polar surface area (TPSA) is 70.6 Å². The fourth-order valence-corrected chi connectivity index (χ4v) is 2.55. The standard InChI is InChI=1S/C21H18N2O3S/c24-19-9-5-4-8-18(19)22-21(27)23-20(25)16-10-12-17(13-11-16)26-14-15-6-2-1-3-7-15/h1-13,24H,14H2,(H2,22,23,25,27). The highest BCUT2D eigenvalue weighted by molar-refractivity contribution is 7.80. The molecule has 0 saturated heterocycles. The minimum Gasteiger partial charge on any atom is -0.506 e. The van der Waals surface area contributed by atoms with Gasteiger partial charge in [-0.2, -0.15) is 0 Å². The van der Waals surface area contributed by atoms with E-state index in [1.807, 2.05) is 30.3 Å². The second-order valence-electron chi connectivity index (χ2n) is 5.72. The molecule has 27 heavy (non-hydrogen) atoms. The number of ether oxygens (including phenoxy) is 1. The summed E-state index contributed by atoms with van der Waals surface area (Å²) in [6.07, 6.45) is 0. The van der Waals surface area contributed by atoms with Crippen LogP contribution in [-0.2, 0) is 6.61 Å². The lowest BCUT2D eigenvalue weighted by Crippen LogP contribution is -2.34. The number of phenolic OH excluding ortho intramolecular Hbond substituents is 1. The molecular formula is C21H18N2O3S. The third-order valence-electron chi connectivity index (χ3n) is 3.74. The third kappa shape index (κ3) is 5.29. The number of anilines is 1. The highest BCUT2D eigenvalue weighted by atomic mass is 32.1. The lowest BCUT2D eigenvalue weighted by atomic mass is 10.2. The van der Waals surface area contributed by atoms with Crippen LogP contribution in [0.4, 0.5) is 5.69 Å². The number of phenols is 1. The van der Waals surface area contributed by atoms with Gasteiger partial charge in [0.15, 0.2) is 5.11 Å². The van der Waals surface area contributed by atoms with Crippen molar-refractivity contribution in [3.8, 4) is 11.5 Å². The van der Waals surface area contributed by atoms with Crippen molar-refractivity contribution in [3.63, 3.8) is 0 Å². The van der Waals surface area contributed by atoms with Gasteiger partial charge >= 0.3 is 0 Å². The summed E-state index contributed by atoms with van der Waals surface area (Å²) in [6, 6.07) is 23.3. The highest BCUT2D eigenvalue weighted by Crippen LogP contribution is 2.21. The van der Waals surface area contributed by atoms with E-state index in [0.717, 1.165) is 5.56 Å². The molecule has 0 bridgehead atoms. The molecule has 0 aliphatic carbocycles. The van der Waals surface area contributed by atoms with Crippen LogP contribution in [0.1, 0.15) is 15.9 Å². The Labute approximate surface area is 162 Å². The van der Waals surface area contributed by atoms with Gasteiger partial charge in [-0.1, -0.05) is 42.5 Å². The van der Waals surface area contributed by atoms with E-state index >= 15 is 0 Å². The van der Waals surface area contributed by atoms with E-state index in [1.165, 1.54) is 6.07 Å². The van der Waals surface area contributed by atoms with Crippen LogP contribution in [0.5, 0.6) is 11.5 Å². The average Bonchev–Trinajstić information content (AvgIpc) is 2.69. The Kier molecular flexibility index (Phi) is 6.02. The minimum absolute atomic E-state index is 0.0500. The molecule has 0 aliphatic heterocycles. The number of thiocarbonyl (C=S) groups is 1. The molecule has 0 radical (unpaired) electrons. The Morgan fingerprint density at radius 1 is 0.926 bits per heavy atom. The zero-order chi connectivity index (χ0) is 19.1. The predicted molar refractivity (Wildman–Crippen MR) is 109 cm³/mol. The molecule has 3 aromatic carbocycles. The van der Waals surface area contributed by atoms with Crippen LogP contribution in [0.25, 0.3) is 0 Å². The number of nitrogens with one attached hydrogen (secondary N) is 2. The number of para-hydroxylation sites is 2. The molecular weight excluding hydrogens is 360 g/mol. The maximum atomic E-state index is 12.3. The van der Waals surface area contributed by atoms with Gasteiger partial charge in [-0.25, -0.2) is 0 Å². The molecule has 0 unspecified atom stereocenters. The maximum absolute atomic E-state index is 12.3. The number of benzene rings is 3. The van der Waals surface area contributed by atoms with E-state index in [-0.39, 0.29) is 16.8 Å². The number of aromatic hydroxyl groups is 1. The number of amides is 1. The van der Waals surface area contributed by atoms with Gasteiger partial charge in [0.05, 0.1) is 5.69 Å². The van der Waals surface area contributed by atoms with Gasteiger partial charge in [-0.3, -0.25) is 10.1 Å². The molecule has 136 valence electrons. The van der Waals surface area contributed by atoms with Crippen molar-refractivity contribution >= 4 is 28.9 Å². The summed E-state index contributed by atoms with van der Waals surface area (Å²) in [4.78, 5) is 12.3. The number of carbonyl (C=O) groups excluding carboxylic acids is 1. The van der Waals surface area contributed by atoms with E-state index in [9.17, 15) is 9.90 Å². The lowest BCUT2D eigenvalue weighted by Gasteiger charge is -2.11. The van der Waals surface area contributed by atoms with Crippen LogP contribution in [0.2, 0.25) is 0 Å². The second kappa shape index (κ2) is 8.82. The SMILES string of the molecule is O=C(NC(=S)Nc1ccccc1O)c1ccc(OCc2ccccc2)cc1. The average molecular weight is 378 g/mol. The zero-order valence-corrected chi connectivity index (χ0v) is 15.2. The molecule has 1 amide bonds. The van der Waals surface area contributed by atoms with E-state index < -0.39 is 0 Å². The second-order valence-corrected chi connectivity index (χ2v) is 6.13. The smallest absolute Gasteiger partial charge is 0.257 e. The Morgan fingerprint density at radius 2 is 1.59 bits per heavy atom. The Balaban J connectivity index is 1.54. The summed E-state index contributed by atoms with van der Waals surface area (Å²) in [5.74, 6) is 0.372. The summed E-state index contributed by atoms with van der Waals surface area (Å²) in [5.41, 5.74) is 1.94. The molecule has 0 aliphatic rings. The van der Waals surface area contributed by atoms with Gasteiger partial charge in [0.1, 0.15) is 18.1 Å². The van der Waals surface area contributed by atoms with E-state index in [1.54, 1.807) is 42.5 Å². The Morgan fingerprint density at radius 3 is 2.30 bits per heavy atom. The summed E-state index contributed by atoms with van der Waals surface area (Å²) in [5, 5.41) is 15.2. The first kappa shape index (κ1) is 18.4. The number of carbonyl (C=O) groups is 1. The van der Waals surface area contributed by atoms with Crippen molar-refractivity contribution in [2.24, 2.45) is 0 Å². The fourth-order valence-electron chi connectivity index (χ4n) is 2.35. The van der Waals surface area contributed by atoms with Crippen LogP contribution in [0.3, 0.4) is 0 Å². The normalized spacial score (nSPS) is 10.1. The van der Waals surface area contributed by atoms with Crippen LogP contribution >= 0.6 is 12.2 Å². The Bertz CT molecular complexity index is 928. The van der Waals surface area contributed by atoms with E-state index in [0.29, 0.717) is 23.6 Å². The number of hydrogen-bond donors (Lipinski definition) is 3. The summed E-state index contributed by atoms with van der Waals surface area (Å²) >= 11 is 5.11.